The number of nitrogens with zero attached hydrogens (tertiary/aromatic N) is 2. The number of fused-ring (bicyclic) bond motifs is 1. The summed E-state index contributed by atoms with van der Waals surface area (Å²) in [5.74, 6) is 0.282. The molecule has 0 aliphatic carbocycles. The van der Waals surface area contributed by atoms with Crippen LogP contribution in [0.2, 0.25) is 0 Å². The Bertz CT molecular complexity index is 1190. The molecule has 1 aromatic heterocycles. The summed E-state index contributed by atoms with van der Waals surface area (Å²) < 4.78 is 62.4. The predicted octanol–water partition coefficient (Wildman–Crippen LogP) is 1.71. The molecule has 0 atom stereocenters. The van der Waals surface area contributed by atoms with E-state index in [-0.39, 0.29) is 11.9 Å². The van der Waals surface area contributed by atoms with E-state index in [1.807, 2.05) is 30.3 Å². The largest absolute Gasteiger partial charge is 0.473 e. The number of ether oxygens (including phenoxy) is 1. The molecule has 1 aliphatic rings. The van der Waals surface area contributed by atoms with E-state index < -0.39 is 18.2 Å². The summed E-state index contributed by atoms with van der Waals surface area (Å²) in [6.45, 7) is 1.91. The van der Waals surface area contributed by atoms with Crippen molar-refractivity contribution in [1.82, 2.24) is 15.1 Å². The second-order valence-corrected chi connectivity index (χ2v) is 8.64. The molecule has 0 saturated carbocycles. The van der Waals surface area contributed by atoms with Gasteiger partial charge >= 0.3 is 18.2 Å². The molecule has 1 fully saturated rings. The van der Waals surface area contributed by atoms with E-state index >= 15 is 0 Å². The smallest absolute Gasteiger partial charge is 0.466 e. The van der Waals surface area contributed by atoms with Crippen molar-refractivity contribution in [2.75, 3.05) is 13.1 Å². The Kier molecular flexibility index (Phi) is 9.46. The van der Waals surface area contributed by atoms with Crippen molar-refractivity contribution in [3.63, 3.8) is 0 Å². The Morgan fingerprint density at radius 2 is 1.55 bits per heavy atom. The fourth-order valence-electron chi connectivity index (χ4n) is 3.00. The van der Waals surface area contributed by atoms with Gasteiger partial charge in [0.25, 0.3) is 0 Å². The van der Waals surface area contributed by atoms with Crippen molar-refractivity contribution in [3.8, 4) is 11.6 Å². The molecular weight excluding hydrogens is 484 g/mol. The first-order chi connectivity index (χ1) is 15.3. The maximum absolute atomic E-state index is 14.2. The Labute approximate surface area is 188 Å². The third-order valence-electron chi connectivity index (χ3n) is 4.20. The topological polar surface area (TPSA) is 191 Å². The monoisotopic (exact) mass is 507 g/mol. The number of aromatic nitrogens is 2. The first-order valence-corrected chi connectivity index (χ1v) is 12.4. The van der Waals surface area contributed by atoms with E-state index in [1.165, 1.54) is 6.07 Å². The Morgan fingerprint density at radius 1 is 1.03 bits per heavy atom. The van der Waals surface area contributed by atoms with Crippen LogP contribution in [0.1, 0.15) is 12.8 Å². The molecular formula is C18H23FN3O9PS. The van der Waals surface area contributed by atoms with Crippen LogP contribution in [0.25, 0.3) is 16.6 Å². The minimum absolute atomic E-state index is 0.156. The summed E-state index contributed by atoms with van der Waals surface area (Å²) in [5, 5.41) is 8.78. The summed E-state index contributed by atoms with van der Waals surface area (Å²) in [5.41, 5.74) is 1.28. The highest BCUT2D eigenvalue weighted by atomic mass is 32.3. The lowest BCUT2D eigenvalue weighted by Crippen LogP contribution is -2.34. The lowest BCUT2D eigenvalue weighted by molar-refractivity contribution is 0.157. The van der Waals surface area contributed by atoms with Crippen LogP contribution in [0, 0.1) is 5.82 Å². The van der Waals surface area contributed by atoms with E-state index in [0.29, 0.717) is 11.6 Å². The molecule has 1 aliphatic heterocycles. The Balaban J connectivity index is 0.000000327. The molecule has 0 bridgehead atoms. The van der Waals surface area contributed by atoms with E-state index in [0.717, 1.165) is 36.8 Å². The van der Waals surface area contributed by atoms with Crippen molar-refractivity contribution in [3.05, 3.63) is 54.3 Å². The van der Waals surface area contributed by atoms with Gasteiger partial charge in [-0.3, -0.25) is 9.11 Å². The quantitative estimate of drug-likeness (QED) is 0.223. The summed E-state index contributed by atoms with van der Waals surface area (Å²) in [4.78, 5) is 21.6. The molecule has 0 unspecified atom stereocenters. The highest BCUT2D eigenvalue weighted by Crippen LogP contribution is 2.29. The average Bonchev–Trinajstić information content (AvgIpc) is 3.05. The van der Waals surface area contributed by atoms with E-state index in [1.54, 1.807) is 16.8 Å². The molecule has 4 rings (SSSR count). The van der Waals surface area contributed by atoms with Gasteiger partial charge in [0.2, 0.25) is 5.88 Å². The van der Waals surface area contributed by atoms with Gasteiger partial charge in [0.15, 0.2) is 0 Å². The van der Waals surface area contributed by atoms with Crippen LogP contribution in [0.3, 0.4) is 0 Å². The second kappa shape index (κ2) is 11.6. The third kappa shape index (κ3) is 9.94. The number of halogens is 1. The van der Waals surface area contributed by atoms with Crippen LogP contribution in [-0.4, -0.2) is 61.2 Å². The van der Waals surface area contributed by atoms with Gasteiger partial charge in [-0.05, 0) is 50.2 Å². The SMILES string of the molecule is Fc1ccccc1-n1nc(OC2CCNCC2)c2ccccc21.O=P(O)(O)O.O=S(=O)(O)O. The van der Waals surface area contributed by atoms with Crippen LogP contribution in [0.5, 0.6) is 5.88 Å². The van der Waals surface area contributed by atoms with Gasteiger partial charge in [-0.1, -0.05) is 24.3 Å². The number of benzene rings is 2. The van der Waals surface area contributed by atoms with Gasteiger partial charge < -0.3 is 24.7 Å². The van der Waals surface area contributed by atoms with Gasteiger partial charge in [0.05, 0.1) is 10.9 Å². The zero-order valence-electron chi connectivity index (χ0n) is 17.0. The molecule has 2 aromatic carbocycles. The Hall–Kier alpha value is -2.42. The first kappa shape index (κ1) is 26.8. The standard InChI is InChI=1S/C18H18FN3O.H3O4P.H2O4S/c19-15-6-2-4-8-17(15)22-16-7-3-1-5-14(16)18(21-22)23-13-9-11-20-12-10-13;2*1-5(2,3)4/h1-8,13,20H,9-12H2;(H3,1,2,3,4);(H2,1,2,3,4). The number of piperidine rings is 1. The molecule has 15 heteroatoms. The van der Waals surface area contributed by atoms with E-state index in [4.69, 9.17) is 41.5 Å². The number of para-hydroxylation sites is 2. The molecule has 0 amide bonds. The van der Waals surface area contributed by atoms with Gasteiger partial charge in [0.1, 0.15) is 17.6 Å². The normalized spacial score (nSPS) is 14.6. The van der Waals surface area contributed by atoms with Crippen molar-refractivity contribution < 1.29 is 45.9 Å². The second-order valence-electron chi connectivity index (χ2n) is 6.71. The van der Waals surface area contributed by atoms with Gasteiger partial charge in [0, 0.05) is 0 Å². The van der Waals surface area contributed by atoms with E-state index in [9.17, 15) is 4.39 Å². The molecule has 0 radical (unpaired) electrons. The summed E-state index contributed by atoms with van der Waals surface area (Å²) in [7, 11) is -9.31. The minimum Gasteiger partial charge on any atom is -0.473 e. The summed E-state index contributed by atoms with van der Waals surface area (Å²) in [6, 6.07) is 14.4. The molecule has 1 saturated heterocycles. The number of phosphoric acid groups is 1. The van der Waals surface area contributed by atoms with Crippen molar-refractivity contribution in [1.29, 1.82) is 0 Å². The lowest BCUT2D eigenvalue weighted by atomic mass is 10.1. The number of hydrogen-bond donors (Lipinski definition) is 6. The molecule has 3 aromatic rings. The van der Waals surface area contributed by atoms with Gasteiger partial charge in [-0.15, -0.1) is 5.10 Å². The molecule has 12 nitrogen and oxygen atoms in total. The number of nitrogens with one attached hydrogen (secondary N) is 1. The fourth-order valence-corrected chi connectivity index (χ4v) is 3.00. The van der Waals surface area contributed by atoms with Crippen LogP contribution < -0.4 is 10.1 Å². The van der Waals surface area contributed by atoms with Crippen LogP contribution in [0.15, 0.2) is 48.5 Å². The summed E-state index contributed by atoms with van der Waals surface area (Å²) >= 11 is 0. The molecule has 6 N–H and O–H groups in total. The van der Waals surface area contributed by atoms with Gasteiger partial charge in [-0.25, -0.2) is 13.6 Å². The lowest BCUT2D eigenvalue weighted by Gasteiger charge is -2.22. The summed E-state index contributed by atoms with van der Waals surface area (Å²) in [6.07, 6.45) is 2.07. The fraction of sp³-hybridized carbons (Fsp3) is 0.278. The molecule has 33 heavy (non-hydrogen) atoms. The average molecular weight is 507 g/mol. The highest BCUT2D eigenvalue weighted by molar-refractivity contribution is 7.79. The zero-order valence-corrected chi connectivity index (χ0v) is 18.7. The van der Waals surface area contributed by atoms with E-state index in [2.05, 4.69) is 10.4 Å². The zero-order chi connectivity index (χ0) is 24.6. The molecule has 0 spiro atoms. The maximum atomic E-state index is 14.2. The van der Waals surface area contributed by atoms with Crippen molar-refractivity contribution >= 4 is 29.1 Å². The highest BCUT2D eigenvalue weighted by Gasteiger charge is 2.20. The van der Waals surface area contributed by atoms with Crippen LogP contribution in [0.4, 0.5) is 4.39 Å². The van der Waals surface area contributed by atoms with Crippen molar-refractivity contribution in [2.45, 2.75) is 18.9 Å². The first-order valence-electron chi connectivity index (χ1n) is 9.41. The third-order valence-corrected chi connectivity index (χ3v) is 4.20. The van der Waals surface area contributed by atoms with Crippen LogP contribution >= 0.6 is 7.82 Å². The number of hydrogen-bond acceptors (Lipinski definition) is 6. The predicted molar refractivity (Wildman–Crippen MR) is 116 cm³/mol. The van der Waals surface area contributed by atoms with Crippen LogP contribution in [-0.2, 0) is 15.0 Å². The van der Waals surface area contributed by atoms with Gasteiger partial charge in [-0.2, -0.15) is 8.42 Å². The van der Waals surface area contributed by atoms with Crippen molar-refractivity contribution in [2.24, 2.45) is 0 Å². The Morgan fingerprint density at radius 3 is 2.12 bits per heavy atom. The minimum atomic E-state index is -4.67. The number of rotatable bonds is 3. The molecule has 182 valence electrons. The molecule has 2 heterocycles. The maximum Gasteiger partial charge on any atom is 0.466 e.